The summed E-state index contributed by atoms with van der Waals surface area (Å²) in [6.45, 7) is 5.97. The van der Waals surface area contributed by atoms with Gasteiger partial charge in [0.2, 0.25) is 0 Å². The van der Waals surface area contributed by atoms with Gasteiger partial charge in [-0.3, -0.25) is 4.79 Å². The number of nitrogens with two attached hydrogens (primary N) is 1. The van der Waals surface area contributed by atoms with Crippen LogP contribution in [0.5, 0.6) is 0 Å². The quantitative estimate of drug-likeness (QED) is 0.613. The lowest BCUT2D eigenvalue weighted by Crippen LogP contribution is -2.19. The number of carboxylic acid groups (broad SMARTS) is 1. The molecule has 0 aliphatic rings. The van der Waals surface area contributed by atoms with Gasteiger partial charge in [-0.15, -0.1) is 0 Å². The fraction of sp³-hybridized carbons (Fsp3) is 0.909. The van der Waals surface area contributed by atoms with Gasteiger partial charge in [-0.2, -0.15) is 0 Å². The van der Waals surface area contributed by atoms with E-state index in [1.54, 1.807) is 0 Å². The highest BCUT2D eigenvalue weighted by atomic mass is 16.5. The van der Waals surface area contributed by atoms with Crippen molar-refractivity contribution in [3.63, 3.8) is 0 Å². The molecule has 0 aromatic heterocycles. The topological polar surface area (TPSA) is 72.5 Å². The number of carbonyl (C=O) groups is 1. The van der Waals surface area contributed by atoms with E-state index in [4.69, 9.17) is 15.6 Å². The summed E-state index contributed by atoms with van der Waals surface area (Å²) in [7, 11) is 0. The fourth-order valence-electron chi connectivity index (χ4n) is 1.28. The molecule has 0 aliphatic carbocycles. The molecule has 0 heterocycles. The van der Waals surface area contributed by atoms with Crippen molar-refractivity contribution in [1.82, 2.24) is 0 Å². The summed E-state index contributed by atoms with van der Waals surface area (Å²) in [4.78, 5) is 10.5. The van der Waals surface area contributed by atoms with Crippen LogP contribution in [0, 0.1) is 11.8 Å². The van der Waals surface area contributed by atoms with Crippen molar-refractivity contribution in [2.24, 2.45) is 17.6 Å². The van der Waals surface area contributed by atoms with Crippen molar-refractivity contribution in [1.29, 1.82) is 0 Å². The summed E-state index contributed by atoms with van der Waals surface area (Å²) in [5, 5.41) is 8.67. The van der Waals surface area contributed by atoms with Crippen LogP contribution in [0.4, 0.5) is 0 Å². The molecule has 0 unspecified atom stereocenters. The second kappa shape index (κ2) is 8.68. The van der Waals surface area contributed by atoms with Gasteiger partial charge >= 0.3 is 5.97 Å². The number of rotatable bonds is 9. The maximum Gasteiger partial charge on any atom is 0.303 e. The third-order valence-corrected chi connectivity index (χ3v) is 2.49. The highest BCUT2D eigenvalue weighted by molar-refractivity contribution is 5.67. The highest BCUT2D eigenvalue weighted by Gasteiger charge is 2.13. The Morgan fingerprint density at radius 2 is 2.13 bits per heavy atom. The van der Waals surface area contributed by atoms with Gasteiger partial charge in [0.1, 0.15) is 0 Å². The Kier molecular flexibility index (Phi) is 8.33. The molecule has 0 aromatic rings. The molecule has 0 bridgehead atoms. The Morgan fingerprint density at radius 1 is 1.47 bits per heavy atom. The molecule has 2 atom stereocenters. The minimum Gasteiger partial charge on any atom is -0.481 e. The maximum atomic E-state index is 10.5. The molecule has 0 aromatic carbocycles. The Morgan fingerprint density at radius 3 is 2.60 bits per heavy atom. The van der Waals surface area contributed by atoms with Crippen LogP contribution in [0.3, 0.4) is 0 Å². The minimum absolute atomic E-state index is 0.0524. The van der Waals surface area contributed by atoms with Crippen LogP contribution in [0.15, 0.2) is 0 Å². The largest absolute Gasteiger partial charge is 0.481 e. The van der Waals surface area contributed by atoms with Gasteiger partial charge in [-0.25, -0.2) is 0 Å². The van der Waals surface area contributed by atoms with Gasteiger partial charge < -0.3 is 15.6 Å². The molecule has 4 heteroatoms. The van der Waals surface area contributed by atoms with Crippen LogP contribution in [-0.4, -0.2) is 30.8 Å². The first-order valence-electron chi connectivity index (χ1n) is 5.59. The van der Waals surface area contributed by atoms with Crippen LogP contribution in [0.1, 0.15) is 33.1 Å². The lowest BCUT2D eigenvalue weighted by atomic mass is 10.0. The first-order valence-corrected chi connectivity index (χ1v) is 5.59. The van der Waals surface area contributed by atoms with Crippen LogP contribution < -0.4 is 5.73 Å². The van der Waals surface area contributed by atoms with E-state index in [1.807, 2.05) is 0 Å². The van der Waals surface area contributed by atoms with Gasteiger partial charge in [-0.1, -0.05) is 20.3 Å². The monoisotopic (exact) mass is 217 g/mol. The predicted molar refractivity (Wildman–Crippen MR) is 59.7 cm³/mol. The van der Waals surface area contributed by atoms with Gasteiger partial charge in [-0.05, 0) is 24.8 Å². The van der Waals surface area contributed by atoms with Gasteiger partial charge in [0.15, 0.2) is 0 Å². The SMILES string of the molecule is CC[C@H](C)COC[C@H](CCN)CC(=O)O. The number of ether oxygens (including phenoxy) is 1. The number of carboxylic acids is 1. The fourth-order valence-corrected chi connectivity index (χ4v) is 1.28. The Bertz CT molecular complexity index is 173. The normalized spacial score (nSPS) is 14.9. The van der Waals surface area contributed by atoms with E-state index < -0.39 is 5.97 Å². The lowest BCUT2D eigenvalue weighted by Gasteiger charge is -2.15. The van der Waals surface area contributed by atoms with Crippen LogP contribution in [-0.2, 0) is 9.53 Å². The van der Waals surface area contributed by atoms with Crippen LogP contribution in [0.2, 0.25) is 0 Å². The molecular weight excluding hydrogens is 194 g/mol. The van der Waals surface area contributed by atoms with Gasteiger partial charge in [0, 0.05) is 6.61 Å². The van der Waals surface area contributed by atoms with E-state index >= 15 is 0 Å². The number of hydrogen-bond acceptors (Lipinski definition) is 3. The van der Waals surface area contributed by atoms with Crippen LogP contribution in [0.25, 0.3) is 0 Å². The van der Waals surface area contributed by atoms with Gasteiger partial charge in [0.25, 0.3) is 0 Å². The summed E-state index contributed by atoms with van der Waals surface area (Å²) >= 11 is 0. The first-order chi connectivity index (χ1) is 7.10. The summed E-state index contributed by atoms with van der Waals surface area (Å²) in [6.07, 6.45) is 1.95. The second-order valence-electron chi connectivity index (χ2n) is 4.09. The third kappa shape index (κ3) is 8.39. The van der Waals surface area contributed by atoms with Crippen molar-refractivity contribution >= 4 is 5.97 Å². The molecule has 4 nitrogen and oxygen atoms in total. The van der Waals surface area contributed by atoms with E-state index in [2.05, 4.69) is 13.8 Å². The average Bonchev–Trinajstić information content (AvgIpc) is 2.16. The smallest absolute Gasteiger partial charge is 0.303 e. The Hall–Kier alpha value is -0.610. The molecule has 0 saturated heterocycles. The summed E-state index contributed by atoms with van der Waals surface area (Å²) < 4.78 is 5.48. The molecule has 0 rings (SSSR count). The highest BCUT2D eigenvalue weighted by Crippen LogP contribution is 2.10. The number of hydrogen-bond donors (Lipinski definition) is 2. The molecule has 0 aliphatic heterocycles. The van der Waals surface area contributed by atoms with Crippen LogP contribution >= 0.6 is 0 Å². The zero-order valence-electron chi connectivity index (χ0n) is 9.74. The second-order valence-corrected chi connectivity index (χ2v) is 4.09. The van der Waals surface area contributed by atoms with Crippen molar-refractivity contribution in [3.05, 3.63) is 0 Å². The molecular formula is C11H23NO3. The van der Waals surface area contributed by atoms with Crippen molar-refractivity contribution in [3.8, 4) is 0 Å². The Balaban J connectivity index is 3.70. The molecule has 90 valence electrons. The molecule has 0 radical (unpaired) electrons. The average molecular weight is 217 g/mol. The van der Waals surface area contributed by atoms with E-state index in [-0.39, 0.29) is 12.3 Å². The minimum atomic E-state index is -0.777. The zero-order chi connectivity index (χ0) is 11.7. The lowest BCUT2D eigenvalue weighted by molar-refractivity contribution is -0.138. The first kappa shape index (κ1) is 14.4. The standard InChI is InChI=1S/C11H23NO3/c1-3-9(2)7-15-8-10(4-5-12)6-11(13)14/h9-10H,3-8,12H2,1-2H3,(H,13,14)/t9-,10+/m0/s1. The van der Waals surface area contributed by atoms with E-state index in [0.29, 0.717) is 32.1 Å². The third-order valence-electron chi connectivity index (χ3n) is 2.49. The van der Waals surface area contributed by atoms with Gasteiger partial charge in [0.05, 0.1) is 13.0 Å². The van der Waals surface area contributed by atoms with Crippen molar-refractivity contribution in [2.75, 3.05) is 19.8 Å². The maximum absolute atomic E-state index is 10.5. The van der Waals surface area contributed by atoms with Crippen molar-refractivity contribution in [2.45, 2.75) is 33.1 Å². The summed E-state index contributed by atoms with van der Waals surface area (Å²) in [5.74, 6) is -0.189. The number of aliphatic carboxylic acids is 1. The van der Waals surface area contributed by atoms with E-state index in [9.17, 15) is 4.79 Å². The summed E-state index contributed by atoms with van der Waals surface area (Å²) in [6, 6.07) is 0. The molecule has 3 N–H and O–H groups in total. The molecule has 15 heavy (non-hydrogen) atoms. The van der Waals surface area contributed by atoms with Crippen molar-refractivity contribution < 1.29 is 14.6 Å². The molecule has 0 spiro atoms. The molecule has 0 amide bonds. The zero-order valence-corrected chi connectivity index (χ0v) is 9.74. The molecule has 0 fully saturated rings. The van der Waals surface area contributed by atoms with E-state index in [1.165, 1.54) is 0 Å². The molecule has 0 saturated carbocycles. The summed E-state index contributed by atoms with van der Waals surface area (Å²) in [5.41, 5.74) is 5.41. The van der Waals surface area contributed by atoms with E-state index in [0.717, 1.165) is 6.42 Å². The predicted octanol–water partition coefficient (Wildman–Crippen LogP) is 1.49. The Labute approximate surface area is 91.8 Å².